The van der Waals surface area contributed by atoms with Gasteiger partial charge in [-0.2, -0.15) is 10.5 Å². The van der Waals surface area contributed by atoms with Crippen LogP contribution in [0.1, 0.15) is 12.5 Å². The van der Waals surface area contributed by atoms with Crippen molar-refractivity contribution < 1.29 is 5.11 Å². The van der Waals surface area contributed by atoms with E-state index in [2.05, 4.69) is 5.10 Å². The van der Waals surface area contributed by atoms with E-state index in [-0.39, 0.29) is 22.6 Å². The Morgan fingerprint density at radius 1 is 1.25 bits per heavy atom. The van der Waals surface area contributed by atoms with Gasteiger partial charge in [0.2, 0.25) is 5.88 Å². The Morgan fingerprint density at radius 2 is 1.85 bits per heavy atom. The number of allylic oxidation sites excluding steroid dienone is 2. The summed E-state index contributed by atoms with van der Waals surface area (Å²) in [4.78, 5) is 11.9. The molecule has 1 heterocycles. The number of para-hydroxylation sites is 1. The van der Waals surface area contributed by atoms with E-state index >= 15 is 0 Å². The van der Waals surface area contributed by atoms with Gasteiger partial charge in [-0.25, -0.2) is 4.68 Å². The van der Waals surface area contributed by atoms with Gasteiger partial charge >= 0.3 is 0 Å². The molecular weight excluding hydrogens is 256 g/mol. The highest BCUT2D eigenvalue weighted by molar-refractivity contribution is 5.76. The number of aromatic hydroxyl groups is 1. The van der Waals surface area contributed by atoms with Gasteiger partial charge in [0.25, 0.3) is 5.56 Å². The molecule has 2 rings (SSSR count). The molecule has 2 aromatic rings. The Bertz CT molecular complexity index is 798. The quantitative estimate of drug-likeness (QED) is 0.806. The molecule has 20 heavy (non-hydrogen) atoms. The smallest absolute Gasteiger partial charge is 0.276 e. The summed E-state index contributed by atoms with van der Waals surface area (Å²) in [5.41, 5.74) is -0.143. The molecule has 0 amide bonds. The van der Waals surface area contributed by atoms with Gasteiger partial charge in [0.05, 0.1) is 5.69 Å². The Labute approximate surface area is 114 Å². The number of aromatic nitrogens is 2. The highest BCUT2D eigenvalue weighted by Gasteiger charge is 2.19. The maximum absolute atomic E-state index is 11.9. The maximum atomic E-state index is 11.9. The van der Waals surface area contributed by atoms with Crippen molar-refractivity contribution in [2.45, 2.75) is 6.92 Å². The summed E-state index contributed by atoms with van der Waals surface area (Å²) in [5, 5.41) is 30.3. The summed E-state index contributed by atoms with van der Waals surface area (Å²) in [7, 11) is 0. The molecule has 0 aliphatic rings. The summed E-state index contributed by atoms with van der Waals surface area (Å²) in [5.74, 6) is -0.332. The number of hydrogen-bond acceptors (Lipinski definition) is 4. The van der Waals surface area contributed by atoms with E-state index in [0.717, 1.165) is 0 Å². The first-order valence-corrected chi connectivity index (χ1v) is 5.71. The van der Waals surface area contributed by atoms with Crippen LogP contribution in [-0.4, -0.2) is 14.9 Å². The summed E-state index contributed by atoms with van der Waals surface area (Å²) in [6.45, 7) is 1.45. The van der Waals surface area contributed by atoms with Crippen LogP contribution >= 0.6 is 0 Å². The summed E-state index contributed by atoms with van der Waals surface area (Å²) >= 11 is 0. The minimum atomic E-state index is -0.563. The number of hydrogen-bond donors (Lipinski definition) is 2. The average molecular weight is 266 g/mol. The molecule has 2 N–H and O–H groups in total. The van der Waals surface area contributed by atoms with Gasteiger partial charge in [-0.1, -0.05) is 18.2 Å². The van der Waals surface area contributed by atoms with Crippen molar-refractivity contribution in [1.29, 1.82) is 10.5 Å². The van der Waals surface area contributed by atoms with Crippen molar-refractivity contribution in [3.63, 3.8) is 0 Å². The Hall–Kier alpha value is -3.25. The Balaban J connectivity index is 2.70. The van der Waals surface area contributed by atoms with Crippen LogP contribution in [0, 0.1) is 22.7 Å². The Morgan fingerprint density at radius 3 is 2.40 bits per heavy atom. The van der Waals surface area contributed by atoms with E-state index in [1.54, 1.807) is 42.5 Å². The molecule has 98 valence electrons. The maximum Gasteiger partial charge on any atom is 0.276 e. The third kappa shape index (κ3) is 2.06. The van der Waals surface area contributed by atoms with Crippen LogP contribution in [0.2, 0.25) is 0 Å². The van der Waals surface area contributed by atoms with Gasteiger partial charge in [0, 0.05) is 0 Å². The van der Waals surface area contributed by atoms with Gasteiger partial charge in [0.1, 0.15) is 23.3 Å². The fourth-order valence-corrected chi connectivity index (χ4v) is 1.84. The fraction of sp³-hybridized carbons (Fsp3) is 0.0714. The van der Waals surface area contributed by atoms with Crippen LogP contribution in [0.3, 0.4) is 0 Å². The van der Waals surface area contributed by atoms with Crippen molar-refractivity contribution in [3.05, 3.63) is 51.8 Å². The van der Waals surface area contributed by atoms with E-state index in [9.17, 15) is 9.90 Å². The van der Waals surface area contributed by atoms with Crippen LogP contribution in [-0.2, 0) is 0 Å². The number of nitrogens with zero attached hydrogens (tertiary/aromatic N) is 3. The predicted molar refractivity (Wildman–Crippen MR) is 71.9 cm³/mol. The standard InChI is InChI=1S/C14H10N4O2/c1-9(10(7-15)8-16)12-13(19)17-18(14(12)20)11-5-3-2-4-6-11/h2-6,20H,1H3,(H,17,19). The number of rotatable bonds is 2. The normalized spacial score (nSPS) is 9.55. The molecule has 6 heteroatoms. The van der Waals surface area contributed by atoms with E-state index in [4.69, 9.17) is 10.5 Å². The van der Waals surface area contributed by atoms with Gasteiger partial charge in [0.15, 0.2) is 0 Å². The van der Waals surface area contributed by atoms with Gasteiger partial charge < -0.3 is 5.11 Å². The zero-order valence-corrected chi connectivity index (χ0v) is 10.6. The zero-order chi connectivity index (χ0) is 14.7. The Kier molecular flexibility index (Phi) is 3.41. The van der Waals surface area contributed by atoms with Crippen LogP contribution < -0.4 is 5.56 Å². The van der Waals surface area contributed by atoms with Gasteiger partial charge in [-0.3, -0.25) is 9.89 Å². The number of nitrogens with one attached hydrogen (secondary N) is 1. The fourth-order valence-electron chi connectivity index (χ4n) is 1.84. The first kappa shape index (κ1) is 13.2. The topological polar surface area (TPSA) is 106 Å². The van der Waals surface area contributed by atoms with Crippen molar-refractivity contribution in [3.8, 4) is 23.7 Å². The lowest BCUT2D eigenvalue weighted by Crippen LogP contribution is -2.06. The largest absolute Gasteiger partial charge is 0.493 e. The molecule has 0 aliphatic carbocycles. The lowest BCUT2D eigenvalue weighted by atomic mass is 10.1. The van der Waals surface area contributed by atoms with Crippen LogP contribution in [0.15, 0.2) is 40.7 Å². The molecule has 0 aliphatic heterocycles. The van der Waals surface area contributed by atoms with E-state index < -0.39 is 5.56 Å². The lowest BCUT2D eigenvalue weighted by Gasteiger charge is -2.04. The van der Waals surface area contributed by atoms with E-state index in [0.29, 0.717) is 5.69 Å². The second-order valence-electron chi connectivity index (χ2n) is 4.03. The molecule has 0 atom stereocenters. The van der Waals surface area contributed by atoms with Crippen LogP contribution in [0.4, 0.5) is 0 Å². The molecule has 0 saturated carbocycles. The second-order valence-corrected chi connectivity index (χ2v) is 4.03. The molecule has 1 aromatic heterocycles. The average Bonchev–Trinajstić information content (AvgIpc) is 2.76. The highest BCUT2D eigenvalue weighted by Crippen LogP contribution is 2.25. The van der Waals surface area contributed by atoms with Crippen LogP contribution in [0.25, 0.3) is 11.3 Å². The minimum absolute atomic E-state index is 0.0769. The molecule has 6 nitrogen and oxygen atoms in total. The number of benzene rings is 1. The third-order valence-corrected chi connectivity index (χ3v) is 2.86. The highest BCUT2D eigenvalue weighted by atomic mass is 16.3. The number of H-pyrrole nitrogens is 1. The molecule has 0 radical (unpaired) electrons. The van der Waals surface area contributed by atoms with Crippen LogP contribution in [0.5, 0.6) is 5.88 Å². The summed E-state index contributed by atoms with van der Waals surface area (Å²) in [6.07, 6.45) is 0. The molecule has 0 fully saturated rings. The van der Waals surface area contributed by atoms with Gasteiger partial charge in [-0.05, 0) is 24.6 Å². The van der Waals surface area contributed by atoms with Crippen molar-refractivity contribution in [2.75, 3.05) is 0 Å². The summed E-state index contributed by atoms with van der Waals surface area (Å²) < 4.78 is 1.20. The molecule has 0 bridgehead atoms. The van der Waals surface area contributed by atoms with E-state index in [1.165, 1.54) is 11.6 Å². The molecule has 0 spiro atoms. The predicted octanol–water partition coefficient (Wildman–Crippen LogP) is 1.69. The number of nitriles is 2. The number of aromatic amines is 1. The minimum Gasteiger partial charge on any atom is -0.493 e. The first-order valence-electron chi connectivity index (χ1n) is 5.71. The monoisotopic (exact) mass is 266 g/mol. The lowest BCUT2D eigenvalue weighted by molar-refractivity contribution is 0.432. The second kappa shape index (κ2) is 5.17. The van der Waals surface area contributed by atoms with Crippen molar-refractivity contribution in [1.82, 2.24) is 9.78 Å². The first-order chi connectivity index (χ1) is 9.60. The van der Waals surface area contributed by atoms with E-state index in [1.807, 2.05) is 0 Å². The van der Waals surface area contributed by atoms with Crippen molar-refractivity contribution >= 4 is 5.57 Å². The SMILES string of the molecule is CC(=C(C#N)C#N)c1c(O)n(-c2ccccc2)[nH]c1=O. The van der Waals surface area contributed by atoms with Gasteiger partial charge in [-0.15, -0.1) is 0 Å². The zero-order valence-electron chi connectivity index (χ0n) is 10.6. The van der Waals surface area contributed by atoms with Crippen molar-refractivity contribution in [2.24, 2.45) is 0 Å². The molecule has 1 aromatic carbocycles. The summed E-state index contributed by atoms with van der Waals surface area (Å²) in [6, 6.07) is 12.1. The third-order valence-electron chi connectivity index (χ3n) is 2.86. The molecule has 0 saturated heterocycles. The molecule has 0 unspecified atom stereocenters. The molecular formula is C14H10N4O2.